The van der Waals surface area contributed by atoms with Crippen LogP contribution in [0.1, 0.15) is 48.4 Å². The molecular formula is C21H24N6O2. The number of hydrogen-bond acceptors (Lipinski definition) is 6. The molecule has 0 bridgehead atoms. The Kier molecular flexibility index (Phi) is 4.41. The van der Waals surface area contributed by atoms with E-state index in [0.717, 1.165) is 31.4 Å². The SMILES string of the molecule is Cn1ccc(C(=O)N2CCCC(CC3CC3)(c3noc(-c4cccnc4)n3)C2)n1. The van der Waals surface area contributed by atoms with Crippen molar-refractivity contribution in [3.8, 4) is 11.5 Å². The van der Waals surface area contributed by atoms with Gasteiger partial charge in [-0.25, -0.2) is 0 Å². The van der Waals surface area contributed by atoms with E-state index in [1.165, 1.54) is 12.8 Å². The number of likely N-dealkylation sites (tertiary alicyclic amines) is 1. The Hall–Kier alpha value is -3.03. The van der Waals surface area contributed by atoms with Crippen LogP contribution in [0, 0.1) is 5.92 Å². The van der Waals surface area contributed by atoms with Crippen LogP contribution in [-0.4, -0.2) is 48.8 Å². The van der Waals surface area contributed by atoms with E-state index < -0.39 is 0 Å². The van der Waals surface area contributed by atoms with Crippen LogP contribution in [-0.2, 0) is 12.5 Å². The minimum absolute atomic E-state index is 0.0264. The van der Waals surface area contributed by atoms with E-state index in [1.54, 1.807) is 29.3 Å². The van der Waals surface area contributed by atoms with Crippen LogP contribution in [0.3, 0.4) is 0 Å². The summed E-state index contributed by atoms with van der Waals surface area (Å²) < 4.78 is 7.26. The van der Waals surface area contributed by atoms with Gasteiger partial charge in [0.1, 0.15) is 5.69 Å². The van der Waals surface area contributed by atoms with Gasteiger partial charge in [-0.15, -0.1) is 0 Å². The molecule has 4 heterocycles. The average Bonchev–Trinajstić information content (AvgIpc) is 3.23. The van der Waals surface area contributed by atoms with E-state index in [-0.39, 0.29) is 11.3 Å². The van der Waals surface area contributed by atoms with Gasteiger partial charge in [-0.05, 0) is 43.4 Å². The second-order valence-electron chi connectivity index (χ2n) is 8.30. The highest BCUT2D eigenvalue weighted by atomic mass is 16.5. The Bertz CT molecular complexity index is 1010. The molecule has 0 N–H and O–H groups in total. The van der Waals surface area contributed by atoms with Crippen molar-refractivity contribution in [2.24, 2.45) is 13.0 Å². The zero-order chi connectivity index (χ0) is 19.8. The zero-order valence-electron chi connectivity index (χ0n) is 16.5. The first kappa shape index (κ1) is 18.0. The number of nitrogens with zero attached hydrogens (tertiary/aromatic N) is 6. The van der Waals surface area contributed by atoms with E-state index in [1.807, 2.05) is 24.1 Å². The number of rotatable bonds is 5. The maximum Gasteiger partial charge on any atom is 0.274 e. The molecule has 1 atom stereocenters. The molecule has 1 saturated heterocycles. The number of hydrogen-bond donors (Lipinski definition) is 0. The molecule has 5 rings (SSSR count). The molecule has 1 unspecified atom stereocenters. The van der Waals surface area contributed by atoms with Crippen LogP contribution < -0.4 is 0 Å². The third-order valence-corrected chi connectivity index (χ3v) is 5.98. The quantitative estimate of drug-likeness (QED) is 0.663. The van der Waals surface area contributed by atoms with E-state index in [0.29, 0.717) is 29.9 Å². The summed E-state index contributed by atoms with van der Waals surface area (Å²) in [6, 6.07) is 5.54. The monoisotopic (exact) mass is 392 g/mol. The molecule has 2 fully saturated rings. The summed E-state index contributed by atoms with van der Waals surface area (Å²) in [4.78, 5) is 23.8. The third kappa shape index (κ3) is 3.54. The highest BCUT2D eigenvalue weighted by Gasteiger charge is 2.46. The molecule has 8 heteroatoms. The molecule has 150 valence electrons. The molecule has 8 nitrogen and oxygen atoms in total. The van der Waals surface area contributed by atoms with Crippen molar-refractivity contribution in [3.05, 3.63) is 48.3 Å². The van der Waals surface area contributed by atoms with Gasteiger partial charge in [0.05, 0.1) is 11.0 Å². The van der Waals surface area contributed by atoms with E-state index in [4.69, 9.17) is 9.51 Å². The lowest BCUT2D eigenvalue weighted by molar-refractivity contribution is 0.0600. The molecule has 2 aliphatic rings. The largest absolute Gasteiger partial charge is 0.336 e. The first-order valence-electron chi connectivity index (χ1n) is 10.2. The van der Waals surface area contributed by atoms with Crippen LogP contribution in [0.5, 0.6) is 0 Å². The molecule has 1 aliphatic heterocycles. The lowest BCUT2D eigenvalue weighted by atomic mass is 9.74. The van der Waals surface area contributed by atoms with Gasteiger partial charge in [0.15, 0.2) is 5.82 Å². The summed E-state index contributed by atoms with van der Waals surface area (Å²) in [5, 5.41) is 8.66. The maximum absolute atomic E-state index is 13.0. The third-order valence-electron chi connectivity index (χ3n) is 5.98. The number of amides is 1. The molecule has 0 spiro atoms. The summed E-state index contributed by atoms with van der Waals surface area (Å²) in [5.74, 6) is 1.85. The van der Waals surface area contributed by atoms with Crippen molar-refractivity contribution in [2.75, 3.05) is 13.1 Å². The normalized spacial score (nSPS) is 22.0. The maximum atomic E-state index is 13.0. The summed E-state index contributed by atoms with van der Waals surface area (Å²) in [5.41, 5.74) is 1.03. The molecule has 1 amide bonds. The van der Waals surface area contributed by atoms with Crippen LogP contribution in [0.4, 0.5) is 0 Å². The Balaban J connectivity index is 1.45. The summed E-state index contributed by atoms with van der Waals surface area (Å²) in [7, 11) is 1.82. The van der Waals surface area contributed by atoms with Gasteiger partial charge >= 0.3 is 0 Å². The van der Waals surface area contributed by atoms with Gasteiger partial charge in [0, 0.05) is 38.7 Å². The lowest BCUT2D eigenvalue weighted by Crippen LogP contribution is -2.49. The van der Waals surface area contributed by atoms with Gasteiger partial charge in [-0.1, -0.05) is 18.0 Å². The molecule has 0 radical (unpaired) electrons. The molecule has 0 aromatic carbocycles. The van der Waals surface area contributed by atoms with Gasteiger partial charge < -0.3 is 9.42 Å². The van der Waals surface area contributed by atoms with Crippen molar-refractivity contribution in [3.63, 3.8) is 0 Å². The average molecular weight is 392 g/mol. The number of carbonyl (C=O) groups excluding carboxylic acids is 1. The van der Waals surface area contributed by atoms with E-state index in [9.17, 15) is 4.79 Å². The Morgan fingerprint density at radius 1 is 1.34 bits per heavy atom. The van der Waals surface area contributed by atoms with Crippen molar-refractivity contribution in [1.82, 2.24) is 29.8 Å². The number of aryl methyl sites for hydroxylation is 1. The van der Waals surface area contributed by atoms with Crippen LogP contribution in [0.2, 0.25) is 0 Å². The first-order chi connectivity index (χ1) is 14.1. The fraction of sp³-hybridized carbons (Fsp3) is 0.476. The topological polar surface area (TPSA) is 89.9 Å². The van der Waals surface area contributed by atoms with Crippen molar-refractivity contribution in [2.45, 2.75) is 37.5 Å². The molecule has 3 aromatic rings. The van der Waals surface area contributed by atoms with Gasteiger partial charge in [0.25, 0.3) is 11.8 Å². The van der Waals surface area contributed by atoms with Crippen LogP contribution >= 0.6 is 0 Å². The molecule has 1 saturated carbocycles. The highest BCUT2D eigenvalue weighted by Crippen LogP contribution is 2.46. The van der Waals surface area contributed by atoms with Crippen molar-refractivity contribution >= 4 is 5.91 Å². The number of aromatic nitrogens is 5. The standard InChI is InChI=1S/C21H24N6O2/c1-26-11-7-17(24-26)19(28)27-10-3-8-21(14-27,12-15-5-6-15)20-23-18(29-25-20)16-4-2-9-22-13-16/h2,4,7,9,11,13,15H,3,5-6,8,10,12,14H2,1H3. The molecular weight excluding hydrogens is 368 g/mol. The fourth-order valence-corrected chi connectivity index (χ4v) is 4.36. The van der Waals surface area contributed by atoms with E-state index in [2.05, 4.69) is 15.2 Å². The number of piperidine rings is 1. The van der Waals surface area contributed by atoms with Gasteiger partial charge in [0.2, 0.25) is 0 Å². The zero-order valence-corrected chi connectivity index (χ0v) is 16.5. The summed E-state index contributed by atoms with van der Waals surface area (Å²) >= 11 is 0. The molecule has 3 aromatic heterocycles. The Morgan fingerprint density at radius 3 is 2.97 bits per heavy atom. The predicted molar refractivity (Wildman–Crippen MR) is 105 cm³/mol. The fourth-order valence-electron chi connectivity index (χ4n) is 4.36. The second kappa shape index (κ2) is 7.09. The van der Waals surface area contributed by atoms with Crippen LogP contribution in [0.25, 0.3) is 11.5 Å². The summed E-state index contributed by atoms with van der Waals surface area (Å²) in [6.07, 6.45) is 10.6. The smallest absolute Gasteiger partial charge is 0.274 e. The molecule has 29 heavy (non-hydrogen) atoms. The molecule has 1 aliphatic carbocycles. The van der Waals surface area contributed by atoms with Gasteiger partial charge in [-0.2, -0.15) is 10.1 Å². The number of carbonyl (C=O) groups is 1. The predicted octanol–water partition coefficient (Wildman–Crippen LogP) is 2.84. The van der Waals surface area contributed by atoms with Gasteiger partial charge in [-0.3, -0.25) is 14.5 Å². The lowest BCUT2D eigenvalue weighted by Gasteiger charge is -2.41. The Morgan fingerprint density at radius 2 is 2.24 bits per heavy atom. The van der Waals surface area contributed by atoms with Crippen molar-refractivity contribution < 1.29 is 9.32 Å². The Labute approximate surface area is 168 Å². The highest BCUT2D eigenvalue weighted by molar-refractivity contribution is 5.92. The number of pyridine rings is 1. The minimum Gasteiger partial charge on any atom is -0.336 e. The van der Waals surface area contributed by atoms with E-state index >= 15 is 0 Å². The summed E-state index contributed by atoms with van der Waals surface area (Å²) in [6.45, 7) is 1.33. The second-order valence-corrected chi connectivity index (χ2v) is 8.30. The van der Waals surface area contributed by atoms with Crippen LogP contribution in [0.15, 0.2) is 41.3 Å². The minimum atomic E-state index is -0.270. The first-order valence-corrected chi connectivity index (χ1v) is 10.2. The van der Waals surface area contributed by atoms with Crippen molar-refractivity contribution in [1.29, 1.82) is 0 Å².